The van der Waals surface area contributed by atoms with Gasteiger partial charge in [-0.2, -0.15) is 0 Å². The van der Waals surface area contributed by atoms with E-state index in [-0.39, 0.29) is 18.4 Å². The van der Waals surface area contributed by atoms with Crippen molar-refractivity contribution in [2.45, 2.75) is 39.2 Å². The zero-order chi connectivity index (χ0) is 16.4. The third-order valence-electron chi connectivity index (χ3n) is 3.39. The summed E-state index contributed by atoms with van der Waals surface area (Å²) in [7, 11) is 0. The van der Waals surface area contributed by atoms with E-state index in [1.807, 2.05) is 0 Å². The lowest BCUT2D eigenvalue weighted by atomic mass is 9.84. The van der Waals surface area contributed by atoms with E-state index in [1.165, 1.54) is 0 Å². The van der Waals surface area contributed by atoms with Gasteiger partial charge in [-0.05, 0) is 32.4 Å². The molecule has 1 aliphatic heterocycles. The standard InChI is InChI=1S/C16H17Cl2NO3/c1-8(2)22-16(21)14-9(3)19-13(20)7-11(14)10-5-4-6-12(17)15(10)18/h4-6,8,11H,7H2,1-3H3,(H,19,20)/t11-/m0/s1. The Kier molecular flexibility index (Phi) is 5.14. The summed E-state index contributed by atoms with van der Waals surface area (Å²) < 4.78 is 5.29. The first-order chi connectivity index (χ1) is 10.3. The van der Waals surface area contributed by atoms with Crippen LogP contribution in [0.2, 0.25) is 10.0 Å². The zero-order valence-electron chi connectivity index (χ0n) is 12.6. The summed E-state index contributed by atoms with van der Waals surface area (Å²) in [6.07, 6.45) is -0.124. The highest BCUT2D eigenvalue weighted by Gasteiger charge is 2.34. The fourth-order valence-corrected chi connectivity index (χ4v) is 2.94. The quantitative estimate of drug-likeness (QED) is 0.850. The number of carbonyl (C=O) groups excluding carboxylic acids is 2. The van der Waals surface area contributed by atoms with Crippen LogP contribution in [0.25, 0.3) is 0 Å². The molecule has 1 aromatic carbocycles. The lowest BCUT2D eigenvalue weighted by molar-refractivity contribution is -0.143. The minimum Gasteiger partial charge on any atom is -0.460 e. The molecular weight excluding hydrogens is 325 g/mol. The highest BCUT2D eigenvalue weighted by atomic mass is 35.5. The van der Waals surface area contributed by atoms with Gasteiger partial charge in [0.25, 0.3) is 0 Å². The van der Waals surface area contributed by atoms with Gasteiger partial charge in [0, 0.05) is 18.0 Å². The Morgan fingerprint density at radius 3 is 2.68 bits per heavy atom. The number of nitrogens with one attached hydrogen (secondary N) is 1. The largest absolute Gasteiger partial charge is 0.460 e. The monoisotopic (exact) mass is 341 g/mol. The van der Waals surface area contributed by atoms with Crippen LogP contribution in [0.15, 0.2) is 29.5 Å². The van der Waals surface area contributed by atoms with E-state index in [9.17, 15) is 9.59 Å². The van der Waals surface area contributed by atoms with Crippen LogP contribution in [0.4, 0.5) is 0 Å². The molecule has 0 aliphatic carbocycles. The van der Waals surface area contributed by atoms with Crippen molar-refractivity contribution in [3.63, 3.8) is 0 Å². The van der Waals surface area contributed by atoms with Gasteiger partial charge in [0.05, 0.1) is 21.7 Å². The van der Waals surface area contributed by atoms with Crippen molar-refractivity contribution >= 4 is 35.1 Å². The van der Waals surface area contributed by atoms with E-state index in [1.54, 1.807) is 39.0 Å². The minimum atomic E-state index is -0.466. The molecule has 2 rings (SSSR count). The number of benzene rings is 1. The summed E-state index contributed by atoms with van der Waals surface area (Å²) in [5, 5.41) is 3.42. The number of hydrogen-bond acceptors (Lipinski definition) is 3. The average Bonchev–Trinajstić information content (AvgIpc) is 2.39. The molecule has 0 saturated heterocycles. The van der Waals surface area contributed by atoms with Crippen molar-refractivity contribution in [3.05, 3.63) is 45.1 Å². The second kappa shape index (κ2) is 6.71. The molecule has 6 heteroatoms. The molecule has 0 spiro atoms. The second-order valence-corrected chi connectivity index (χ2v) is 6.23. The van der Waals surface area contributed by atoms with Gasteiger partial charge in [-0.25, -0.2) is 4.79 Å². The number of halogens is 2. The average molecular weight is 342 g/mol. The van der Waals surface area contributed by atoms with Gasteiger partial charge in [0.15, 0.2) is 0 Å². The molecule has 1 aromatic rings. The van der Waals surface area contributed by atoms with E-state index >= 15 is 0 Å². The molecular formula is C16H17Cl2NO3. The van der Waals surface area contributed by atoms with Crippen molar-refractivity contribution < 1.29 is 14.3 Å². The molecule has 0 unspecified atom stereocenters. The van der Waals surface area contributed by atoms with E-state index in [0.717, 1.165) is 0 Å². The number of carbonyl (C=O) groups is 2. The van der Waals surface area contributed by atoms with Crippen molar-refractivity contribution in [2.24, 2.45) is 0 Å². The maximum atomic E-state index is 12.4. The second-order valence-electron chi connectivity index (χ2n) is 5.44. The van der Waals surface area contributed by atoms with E-state index < -0.39 is 11.9 Å². The molecule has 0 saturated carbocycles. The lowest BCUT2D eigenvalue weighted by Gasteiger charge is -2.27. The highest BCUT2D eigenvalue weighted by molar-refractivity contribution is 6.42. The summed E-state index contributed by atoms with van der Waals surface area (Å²) >= 11 is 12.3. The molecule has 1 N–H and O–H groups in total. The zero-order valence-corrected chi connectivity index (χ0v) is 14.1. The number of hydrogen-bond donors (Lipinski definition) is 1. The Labute approximate surface area is 139 Å². The van der Waals surface area contributed by atoms with Gasteiger partial charge in [-0.15, -0.1) is 0 Å². The Morgan fingerprint density at radius 2 is 2.05 bits per heavy atom. The summed E-state index contributed by atoms with van der Waals surface area (Å²) in [4.78, 5) is 24.3. The van der Waals surface area contributed by atoms with Crippen LogP contribution in [-0.2, 0) is 14.3 Å². The fraction of sp³-hybridized carbons (Fsp3) is 0.375. The Bertz CT molecular complexity index is 653. The normalized spacial score (nSPS) is 18.5. The van der Waals surface area contributed by atoms with Crippen LogP contribution in [0.1, 0.15) is 38.7 Å². The summed E-state index contributed by atoms with van der Waals surface area (Å²) in [6.45, 7) is 5.23. The van der Waals surface area contributed by atoms with Gasteiger partial charge in [0.2, 0.25) is 5.91 Å². The third-order valence-corrected chi connectivity index (χ3v) is 4.22. The number of amides is 1. The van der Waals surface area contributed by atoms with E-state index in [4.69, 9.17) is 27.9 Å². The van der Waals surface area contributed by atoms with Crippen molar-refractivity contribution in [3.8, 4) is 0 Å². The number of rotatable bonds is 3. The fourth-order valence-electron chi connectivity index (χ4n) is 2.50. The van der Waals surface area contributed by atoms with E-state index in [0.29, 0.717) is 26.9 Å². The van der Waals surface area contributed by atoms with Crippen LogP contribution < -0.4 is 5.32 Å². The van der Waals surface area contributed by atoms with Gasteiger partial charge in [-0.3, -0.25) is 4.79 Å². The summed E-state index contributed by atoms with van der Waals surface area (Å²) in [6, 6.07) is 5.18. The minimum absolute atomic E-state index is 0.125. The maximum absolute atomic E-state index is 12.4. The van der Waals surface area contributed by atoms with Crippen molar-refractivity contribution in [2.75, 3.05) is 0 Å². The molecule has 0 radical (unpaired) electrons. The van der Waals surface area contributed by atoms with Crippen LogP contribution in [-0.4, -0.2) is 18.0 Å². The molecule has 118 valence electrons. The predicted octanol–water partition coefficient (Wildman–Crippen LogP) is 3.82. The summed E-state index contributed by atoms with van der Waals surface area (Å²) in [5.41, 5.74) is 1.56. The first-order valence-electron chi connectivity index (χ1n) is 6.96. The molecule has 0 aromatic heterocycles. The third kappa shape index (κ3) is 3.45. The molecule has 4 nitrogen and oxygen atoms in total. The Balaban J connectivity index is 2.50. The van der Waals surface area contributed by atoms with E-state index in [2.05, 4.69) is 5.32 Å². The predicted molar refractivity (Wildman–Crippen MR) is 85.9 cm³/mol. The van der Waals surface area contributed by atoms with Crippen molar-refractivity contribution in [1.82, 2.24) is 5.32 Å². The number of esters is 1. The first kappa shape index (κ1) is 16.8. The van der Waals surface area contributed by atoms with Gasteiger partial charge in [-0.1, -0.05) is 35.3 Å². The topological polar surface area (TPSA) is 55.4 Å². The maximum Gasteiger partial charge on any atom is 0.336 e. The molecule has 1 heterocycles. The van der Waals surface area contributed by atoms with Crippen LogP contribution in [0.5, 0.6) is 0 Å². The number of allylic oxidation sites excluding steroid dienone is 1. The highest BCUT2D eigenvalue weighted by Crippen LogP contribution is 2.39. The smallest absolute Gasteiger partial charge is 0.336 e. The van der Waals surface area contributed by atoms with Crippen LogP contribution in [0.3, 0.4) is 0 Å². The Hall–Kier alpha value is -1.52. The van der Waals surface area contributed by atoms with Crippen LogP contribution >= 0.6 is 23.2 Å². The van der Waals surface area contributed by atoms with Gasteiger partial charge >= 0.3 is 5.97 Å². The molecule has 1 atom stereocenters. The van der Waals surface area contributed by atoms with Crippen LogP contribution in [0, 0.1) is 0 Å². The molecule has 0 fully saturated rings. The molecule has 0 bridgehead atoms. The number of ether oxygens (including phenoxy) is 1. The molecule has 1 aliphatic rings. The van der Waals surface area contributed by atoms with Gasteiger partial charge in [0.1, 0.15) is 0 Å². The Morgan fingerprint density at radius 1 is 1.36 bits per heavy atom. The van der Waals surface area contributed by atoms with Crippen molar-refractivity contribution in [1.29, 1.82) is 0 Å². The molecule has 1 amide bonds. The first-order valence-corrected chi connectivity index (χ1v) is 7.72. The lowest BCUT2D eigenvalue weighted by Crippen LogP contribution is -2.34. The SMILES string of the molecule is CC1=C(C(=O)OC(C)C)[C@H](c2cccc(Cl)c2Cl)CC(=O)N1. The summed E-state index contributed by atoms with van der Waals surface area (Å²) in [5.74, 6) is -1.08. The molecule has 22 heavy (non-hydrogen) atoms. The van der Waals surface area contributed by atoms with Gasteiger partial charge < -0.3 is 10.1 Å².